The third-order valence-electron chi connectivity index (χ3n) is 2.20. The second-order valence-electron chi connectivity index (χ2n) is 3.65. The lowest BCUT2D eigenvalue weighted by molar-refractivity contribution is 0.766. The number of hydrogen-bond acceptors (Lipinski definition) is 3. The number of aromatic nitrogens is 1. The first-order chi connectivity index (χ1) is 7.13. The monoisotopic (exact) mass is 288 g/mol. The highest BCUT2D eigenvalue weighted by Gasteiger charge is 2.03. The van der Waals surface area contributed by atoms with E-state index in [-0.39, 0.29) is 0 Å². The van der Waals surface area contributed by atoms with Gasteiger partial charge in [0.05, 0.1) is 0 Å². The van der Waals surface area contributed by atoms with E-state index in [4.69, 9.17) is 0 Å². The second kappa shape index (κ2) is 6.38. The molecular formula is C11H17BrN2S. The Labute approximate surface area is 104 Å². The van der Waals surface area contributed by atoms with Gasteiger partial charge in [-0.25, -0.2) is 4.98 Å². The molecule has 2 nitrogen and oxygen atoms in total. The van der Waals surface area contributed by atoms with Crippen molar-refractivity contribution in [1.82, 2.24) is 4.98 Å². The Morgan fingerprint density at radius 3 is 2.93 bits per heavy atom. The Morgan fingerprint density at radius 2 is 2.33 bits per heavy atom. The summed E-state index contributed by atoms with van der Waals surface area (Å²) in [6.45, 7) is 4.26. The number of hydrogen-bond donors (Lipinski definition) is 1. The van der Waals surface area contributed by atoms with E-state index in [9.17, 15) is 0 Å². The number of pyridine rings is 1. The van der Waals surface area contributed by atoms with Crippen LogP contribution >= 0.6 is 27.7 Å². The van der Waals surface area contributed by atoms with Crippen LogP contribution in [0.5, 0.6) is 0 Å². The number of nitrogens with zero attached hydrogens (tertiary/aromatic N) is 1. The second-order valence-corrected chi connectivity index (χ2v) is 5.49. The molecule has 0 bridgehead atoms. The van der Waals surface area contributed by atoms with Crippen molar-refractivity contribution >= 4 is 33.5 Å². The van der Waals surface area contributed by atoms with Gasteiger partial charge in [0.1, 0.15) is 5.82 Å². The minimum atomic E-state index is 0.477. The van der Waals surface area contributed by atoms with E-state index in [0.29, 0.717) is 6.04 Å². The number of rotatable bonds is 5. The third kappa shape index (κ3) is 4.43. The van der Waals surface area contributed by atoms with Crippen molar-refractivity contribution in [2.24, 2.45) is 0 Å². The van der Waals surface area contributed by atoms with Crippen LogP contribution in [0.25, 0.3) is 0 Å². The molecule has 0 saturated heterocycles. The first kappa shape index (κ1) is 12.8. The molecule has 0 saturated carbocycles. The summed E-state index contributed by atoms with van der Waals surface area (Å²) in [7, 11) is 0. The lowest BCUT2D eigenvalue weighted by Gasteiger charge is -2.14. The van der Waals surface area contributed by atoms with Gasteiger partial charge in [0.2, 0.25) is 0 Å². The van der Waals surface area contributed by atoms with Crippen LogP contribution in [0.1, 0.15) is 18.9 Å². The Hall–Kier alpha value is -0.220. The summed E-state index contributed by atoms with van der Waals surface area (Å²) in [5, 5.41) is 3.40. The molecule has 1 aromatic heterocycles. The molecule has 0 radical (unpaired) electrons. The lowest BCUT2D eigenvalue weighted by Crippen LogP contribution is -2.16. The van der Waals surface area contributed by atoms with Gasteiger partial charge in [-0.15, -0.1) is 0 Å². The van der Waals surface area contributed by atoms with Crippen LogP contribution in [0.15, 0.2) is 16.7 Å². The fourth-order valence-corrected chi connectivity index (χ4v) is 2.04. The van der Waals surface area contributed by atoms with Gasteiger partial charge in [-0.1, -0.05) is 0 Å². The van der Waals surface area contributed by atoms with Crippen LogP contribution in [0.3, 0.4) is 0 Å². The van der Waals surface area contributed by atoms with Gasteiger partial charge >= 0.3 is 0 Å². The third-order valence-corrected chi connectivity index (χ3v) is 3.67. The molecule has 1 heterocycles. The predicted octanol–water partition coefficient (Wildman–Crippen LogP) is 3.71. The largest absolute Gasteiger partial charge is 0.368 e. The SMILES string of the molecule is CSCCC(C)Nc1cc(C)c(Br)cn1. The zero-order valence-corrected chi connectivity index (χ0v) is 11.8. The molecule has 4 heteroatoms. The normalized spacial score (nSPS) is 12.5. The minimum Gasteiger partial charge on any atom is -0.368 e. The maximum absolute atomic E-state index is 4.32. The van der Waals surface area contributed by atoms with Gasteiger partial charge in [0, 0.05) is 16.7 Å². The van der Waals surface area contributed by atoms with Gasteiger partial charge in [-0.05, 0) is 59.8 Å². The van der Waals surface area contributed by atoms with Gasteiger partial charge in [-0.2, -0.15) is 11.8 Å². The molecular weight excluding hydrogens is 272 g/mol. The molecule has 1 atom stereocenters. The zero-order valence-electron chi connectivity index (χ0n) is 9.38. The van der Waals surface area contributed by atoms with E-state index in [0.717, 1.165) is 16.7 Å². The van der Waals surface area contributed by atoms with Gasteiger partial charge in [-0.3, -0.25) is 0 Å². The summed E-state index contributed by atoms with van der Waals surface area (Å²) in [5.41, 5.74) is 1.21. The number of aryl methyl sites for hydroxylation is 1. The topological polar surface area (TPSA) is 24.9 Å². The summed E-state index contributed by atoms with van der Waals surface area (Å²) in [4.78, 5) is 4.32. The van der Waals surface area contributed by atoms with Crippen molar-refractivity contribution in [3.05, 3.63) is 22.3 Å². The van der Waals surface area contributed by atoms with Crippen molar-refractivity contribution in [3.8, 4) is 0 Å². The molecule has 0 aromatic carbocycles. The van der Waals surface area contributed by atoms with Crippen molar-refractivity contribution < 1.29 is 0 Å². The highest BCUT2D eigenvalue weighted by molar-refractivity contribution is 9.10. The van der Waals surface area contributed by atoms with E-state index in [1.54, 1.807) is 0 Å². The molecule has 0 spiro atoms. The van der Waals surface area contributed by atoms with Gasteiger partial charge in [0.25, 0.3) is 0 Å². The van der Waals surface area contributed by atoms with Gasteiger partial charge < -0.3 is 5.32 Å². The van der Waals surface area contributed by atoms with E-state index < -0.39 is 0 Å². The van der Waals surface area contributed by atoms with E-state index >= 15 is 0 Å². The van der Waals surface area contributed by atoms with Crippen molar-refractivity contribution in [2.45, 2.75) is 26.3 Å². The maximum atomic E-state index is 4.32. The van der Waals surface area contributed by atoms with Crippen molar-refractivity contribution in [3.63, 3.8) is 0 Å². The molecule has 15 heavy (non-hydrogen) atoms. The van der Waals surface area contributed by atoms with Crippen molar-refractivity contribution in [1.29, 1.82) is 0 Å². The molecule has 0 amide bonds. The Balaban J connectivity index is 2.53. The van der Waals surface area contributed by atoms with E-state index in [1.807, 2.05) is 18.0 Å². The van der Waals surface area contributed by atoms with Crippen LogP contribution in [-0.2, 0) is 0 Å². The summed E-state index contributed by atoms with van der Waals surface area (Å²) in [6.07, 6.45) is 5.14. The highest BCUT2D eigenvalue weighted by Crippen LogP contribution is 2.18. The molecule has 84 valence electrons. The quantitative estimate of drug-likeness (QED) is 0.894. The fourth-order valence-electron chi connectivity index (χ4n) is 1.24. The maximum Gasteiger partial charge on any atom is 0.126 e. The number of halogens is 1. The average molecular weight is 289 g/mol. The standard InChI is InChI=1S/C11H17BrN2S/c1-8-6-11(13-7-10(8)12)14-9(2)4-5-15-3/h6-7,9H,4-5H2,1-3H3,(H,13,14). The smallest absolute Gasteiger partial charge is 0.126 e. The molecule has 0 fully saturated rings. The number of thioether (sulfide) groups is 1. The Morgan fingerprint density at radius 1 is 1.60 bits per heavy atom. The van der Waals surface area contributed by atoms with Gasteiger partial charge in [0.15, 0.2) is 0 Å². The lowest BCUT2D eigenvalue weighted by atomic mass is 10.2. The zero-order chi connectivity index (χ0) is 11.3. The molecule has 1 N–H and O–H groups in total. The van der Waals surface area contributed by atoms with Crippen LogP contribution in [-0.4, -0.2) is 23.0 Å². The summed E-state index contributed by atoms with van der Waals surface area (Å²) < 4.78 is 1.06. The molecule has 1 rings (SSSR count). The van der Waals surface area contributed by atoms with Crippen LogP contribution < -0.4 is 5.32 Å². The van der Waals surface area contributed by atoms with E-state index in [1.165, 1.54) is 11.3 Å². The summed E-state index contributed by atoms with van der Waals surface area (Å²) >= 11 is 5.32. The summed E-state index contributed by atoms with van der Waals surface area (Å²) in [5.74, 6) is 2.15. The first-order valence-corrected chi connectivity index (χ1v) is 7.19. The van der Waals surface area contributed by atoms with E-state index in [2.05, 4.69) is 52.4 Å². The number of anilines is 1. The van der Waals surface area contributed by atoms with Crippen molar-refractivity contribution in [2.75, 3.05) is 17.3 Å². The Kier molecular flexibility index (Phi) is 5.47. The molecule has 0 aliphatic heterocycles. The highest BCUT2D eigenvalue weighted by atomic mass is 79.9. The number of nitrogens with one attached hydrogen (secondary N) is 1. The van der Waals surface area contributed by atoms with Crippen LogP contribution in [0.4, 0.5) is 5.82 Å². The minimum absolute atomic E-state index is 0.477. The predicted molar refractivity (Wildman–Crippen MR) is 72.8 cm³/mol. The molecule has 1 unspecified atom stereocenters. The van der Waals surface area contributed by atoms with Crippen LogP contribution in [0, 0.1) is 6.92 Å². The Bertz CT molecular complexity index is 317. The average Bonchev–Trinajstić information content (AvgIpc) is 2.20. The molecule has 0 aliphatic rings. The fraction of sp³-hybridized carbons (Fsp3) is 0.545. The molecule has 0 aliphatic carbocycles. The first-order valence-electron chi connectivity index (χ1n) is 5.01. The van der Waals surface area contributed by atoms with Crippen LogP contribution in [0.2, 0.25) is 0 Å². The summed E-state index contributed by atoms with van der Waals surface area (Å²) in [6, 6.07) is 2.55. The molecule has 1 aromatic rings.